The summed E-state index contributed by atoms with van der Waals surface area (Å²) in [6.45, 7) is 10.0. The largest absolute Gasteiger partial charge is 0.489 e. The minimum absolute atomic E-state index is 0.0213. The number of ether oxygens (including phenoxy) is 2. The lowest BCUT2D eigenvalue weighted by Gasteiger charge is -2.57. The second kappa shape index (κ2) is 17.9. The van der Waals surface area contributed by atoms with Crippen LogP contribution < -0.4 is 24.4 Å². The SMILES string of the molecule is C#Cc1nc2[nH]cc(F)c2cc1Oc1cc(N2CCC3(CC2)CN(C2CCC[C@@H]2c2ccccc2C(C)C)C3)ccc1C(=O)NS(=O)(=O)c1cc2c(c([N+](=O)[O-])c1)N[C@@H]([C@H]1CC[C@](C)(O)CC1)CO2. The molecule has 2 saturated carbocycles. The third-order valence-electron chi connectivity index (χ3n) is 15.6. The molecule has 3 aliphatic heterocycles. The Labute approximate surface area is 401 Å². The molecule has 5 aliphatic rings. The van der Waals surface area contributed by atoms with Crippen molar-refractivity contribution < 1.29 is 37.1 Å². The first-order valence-corrected chi connectivity index (χ1v) is 25.5. The van der Waals surface area contributed by atoms with Gasteiger partial charge in [0, 0.05) is 62.3 Å². The van der Waals surface area contributed by atoms with Gasteiger partial charge < -0.3 is 29.8 Å². The first-order valence-electron chi connectivity index (χ1n) is 24.1. The molecule has 0 radical (unpaired) electrons. The number of amides is 1. The van der Waals surface area contributed by atoms with Crippen molar-refractivity contribution >= 4 is 44.0 Å². The predicted molar refractivity (Wildman–Crippen MR) is 260 cm³/mol. The van der Waals surface area contributed by atoms with Crippen molar-refractivity contribution in [1.29, 1.82) is 0 Å². The number of carbonyl (C=O) groups excluding carboxylic acids is 1. The van der Waals surface area contributed by atoms with E-state index in [-0.39, 0.29) is 69.2 Å². The lowest BCUT2D eigenvalue weighted by Crippen LogP contribution is -2.63. The Kier molecular flexibility index (Phi) is 12.1. The molecule has 3 atom stereocenters. The number of anilines is 2. The highest BCUT2D eigenvalue weighted by molar-refractivity contribution is 7.90. The number of benzene rings is 3. The van der Waals surface area contributed by atoms with E-state index in [0.29, 0.717) is 43.6 Å². The van der Waals surface area contributed by atoms with Crippen LogP contribution in [-0.2, 0) is 10.0 Å². The number of H-pyrrole nitrogens is 1. The number of likely N-dealkylation sites (tertiary alicyclic amines) is 1. The number of nitro groups is 1. The van der Waals surface area contributed by atoms with E-state index in [1.807, 2.05) is 0 Å². The lowest BCUT2D eigenvalue weighted by molar-refractivity contribution is -0.384. The summed E-state index contributed by atoms with van der Waals surface area (Å²) in [5, 5.41) is 26.2. The van der Waals surface area contributed by atoms with E-state index < -0.39 is 42.9 Å². The Morgan fingerprint density at radius 3 is 2.54 bits per heavy atom. The summed E-state index contributed by atoms with van der Waals surface area (Å²) < 4.78 is 57.3. The van der Waals surface area contributed by atoms with Gasteiger partial charge in [-0.1, -0.05) is 44.5 Å². The molecule has 69 heavy (non-hydrogen) atoms. The minimum atomic E-state index is -4.76. The number of hydrogen-bond acceptors (Lipinski definition) is 12. The van der Waals surface area contributed by atoms with E-state index in [4.69, 9.17) is 15.9 Å². The van der Waals surface area contributed by atoms with Crippen molar-refractivity contribution in [1.82, 2.24) is 19.6 Å². The van der Waals surface area contributed by atoms with Gasteiger partial charge in [0.25, 0.3) is 21.6 Å². The molecule has 4 N–H and O–H groups in total. The lowest BCUT2D eigenvalue weighted by atomic mass is 9.70. The minimum Gasteiger partial charge on any atom is -0.489 e. The van der Waals surface area contributed by atoms with Crippen LogP contribution in [-0.4, -0.2) is 89.7 Å². The Morgan fingerprint density at radius 2 is 1.81 bits per heavy atom. The molecule has 1 spiro atoms. The Balaban J connectivity index is 0.884. The van der Waals surface area contributed by atoms with Gasteiger partial charge in [-0.15, -0.1) is 6.42 Å². The van der Waals surface area contributed by atoms with Gasteiger partial charge in [-0.05, 0) is 117 Å². The standard InChI is InChI=1S/C52H58FN7O8S/c1-5-41-46(26-39-40(53)27-54-49(39)56-41)68-45-23-33(58-21-19-52(20-22-58)29-59(30-52)43-12-8-11-37(43)36-10-7-6-9-35(36)31(2)3)13-14-38(45)50(61)57-69(65,66)34-24-44(60(63)64)48-47(25-34)67-28-42(55-48)32-15-17-51(4,62)18-16-32/h1,6-7,9-10,13-14,23-27,31-32,37,42-43,55,62H,8,11-12,15-22,28-30H2,2-4H3,(H,54,56)(H,57,61)/t32-,37-,42-,43?,51-/m1/s1. The molecule has 15 nitrogen and oxygen atoms in total. The molecule has 17 heteroatoms. The van der Waals surface area contributed by atoms with Crippen molar-refractivity contribution in [2.45, 2.75) is 113 Å². The molecule has 10 rings (SSSR count). The molecule has 3 aromatic carbocycles. The number of nitro benzene ring substituents is 1. The first-order chi connectivity index (χ1) is 33.0. The number of carbonyl (C=O) groups is 1. The van der Waals surface area contributed by atoms with Crippen LogP contribution in [0.5, 0.6) is 17.2 Å². The summed E-state index contributed by atoms with van der Waals surface area (Å²) >= 11 is 0. The maximum Gasteiger partial charge on any atom is 0.297 e. The maximum atomic E-state index is 14.8. The Hall–Kier alpha value is -6.22. The van der Waals surface area contributed by atoms with E-state index in [1.165, 1.54) is 42.5 Å². The van der Waals surface area contributed by atoms with Gasteiger partial charge in [-0.25, -0.2) is 22.5 Å². The van der Waals surface area contributed by atoms with Crippen molar-refractivity contribution in [3.63, 3.8) is 0 Å². The highest BCUT2D eigenvalue weighted by Crippen LogP contribution is 2.49. The molecular weight excluding hydrogens is 902 g/mol. The third kappa shape index (κ3) is 8.98. The summed E-state index contributed by atoms with van der Waals surface area (Å²) in [5.41, 5.74) is 2.65. The average Bonchev–Trinajstić information content (AvgIpc) is 3.96. The second-order valence-corrected chi connectivity index (χ2v) is 22.2. The summed E-state index contributed by atoms with van der Waals surface area (Å²) in [4.78, 5) is 37.4. The number of sulfonamides is 1. The summed E-state index contributed by atoms with van der Waals surface area (Å²) in [7, 11) is -4.76. The maximum absolute atomic E-state index is 14.8. The third-order valence-corrected chi connectivity index (χ3v) is 16.9. The second-order valence-electron chi connectivity index (χ2n) is 20.5. The zero-order valence-corrected chi connectivity index (χ0v) is 39.9. The smallest absolute Gasteiger partial charge is 0.297 e. The Bertz CT molecular complexity index is 2980. The molecule has 2 aromatic heterocycles. The predicted octanol–water partition coefficient (Wildman–Crippen LogP) is 8.98. The van der Waals surface area contributed by atoms with Crippen molar-refractivity contribution in [2.75, 3.05) is 43.0 Å². The highest BCUT2D eigenvalue weighted by atomic mass is 32.2. The number of hydrogen-bond donors (Lipinski definition) is 4. The first kappa shape index (κ1) is 46.5. The van der Waals surface area contributed by atoms with Crippen LogP contribution in [0.4, 0.5) is 21.5 Å². The summed E-state index contributed by atoms with van der Waals surface area (Å²) in [6.07, 6.45) is 15.1. The van der Waals surface area contributed by atoms with Gasteiger partial charge in [-0.3, -0.25) is 19.8 Å². The fourth-order valence-corrected chi connectivity index (χ4v) is 12.7. The van der Waals surface area contributed by atoms with Gasteiger partial charge in [0.2, 0.25) is 0 Å². The zero-order valence-electron chi connectivity index (χ0n) is 39.1. The van der Waals surface area contributed by atoms with Crippen molar-refractivity contribution in [3.8, 4) is 29.6 Å². The van der Waals surface area contributed by atoms with Crippen LogP contribution >= 0.6 is 0 Å². The van der Waals surface area contributed by atoms with Gasteiger partial charge in [0.1, 0.15) is 23.8 Å². The van der Waals surface area contributed by atoms with Crippen LogP contribution in [0, 0.1) is 39.6 Å². The number of pyridine rings is 1. The zero-order chi connectivity index (χ0) is 48.4. The van der Waals surface area contributed by atoms with Gasteiger partial charge in [0.05, 0.1) is 32.4 Å². The number of terminal acetylenes is 1. The van der Waals surface area contributed by atoms with Crippen LogP contribution in [0.1, 0.15) is 118 Å². The molecule has 1 unspecified atom stereocenters. The molecule has 2 saturated heterocycles. The van der Waals surface area contributed by atoms with Crippen LogP contribution in [0.15, 0.2) is 71.8 Å². The number of rotatable bonds is 11. The molecular formula is C52H58FN7O8S. The molecule has 0 bridgehead atoms. The number of aromatic nitrogens is 2. The molecule has 362 valence electrons. The molecule has 5 heterocycles. The number of aliphatic hydroxyl groups is 1. The molecule has 2 aliphatic carbocycles. The summed E-state index contributed by atoms with van der Waals surface area (Å²) in [6, 6.07) is 17.4. The number of fused-ring (bicyclic) bond motifs is 2. The van der Waals surface area contributed by atoms with E-state index in [1.54, 1.807) is 19.1 Å². The topological polar surface area (TPSA) is 192 Å². The normalized spacial score (nSPS) is 24.5. The van der Waals surface area contributed by atoms with Gasteiger partial charge in [0.15, 0.2) is 22.9 Å². The van der Waals surface area contributed by atoms with Gasteiger partial charge >= 0.3 is 0 Å². The average molecular weight is 960 g/mol. The van der Waals surface area contributed by atoms with Crippen molar-refractivity contribution in [2.24, 2.45) is 11.3 Å². The van der Waals surface area contributed by atoms with E-state index in [0.717, 1.165) is 63.0 Å². The highest BCUT2D eigenvalue weighted by Gasteiger charge is 2.49. The van der Waals surface area contributed by atoms with Crippen LogP contribution in [0.3, 0.4) is 0 Å². The molecule has 4 fully saturated rings. The Morgan fingerprint density at radius 1 is 1.06 bits per heavy atom. The number of nitrogens with one attached hydrogen (secondary N) is 3. The quantitative estimate of drug-likeness (QED) is 0.0559. The molecule has 5 aromatic rings. The van der Waals surface area contributed by atoms with Crippen molar-refractivity contribution in [3.05, 3.63) is 105 Å². The number of aromatic amines is 1. The number of piperidine rings is 1. The van der Waals surface area contributed by atoms with E-state index in [2.05, 4.69) is 73.8 Å². The fourth-order valence-electron chi connectivity index (χ4n) is 11.7. The van der Waals surface area contributed by atoms with Crippen LogP contribution in [0.25, 0.3) is 11.0 Å². The van der Waals surface area contributed by atoms with Gasteiger partial charge in [-0.2, -0.15) is 0 Å². The van der Waals surface area contributed by atoms with Crippen LogP contribution in [0.2, 0.25) is 0 Å². The van der Waals surface area contributed by atoms with E-state index in [9.17, 15) is 32.8 Å². The number of halogens is 1. The molecule has 1 amide bonds. The number of nitrogens with zero attached hydrogens (tertiary/aromatic N) is 4. The monoisotopic (exact) mass is 959 g/mol. The summed E-state index contributed by atoms with van der Waals surface area (Å²) in [5.74, 6) is 1.74. The fraction of sp³-hybridized carbons (Fsp3) is 0.462. The van der Waals surface area contributed by atoms with E-state index >= 15 is 0 Å².